The number of hydrogen-bond acceptors (Lipinski definition) is 6. The van der Waals surface area contributed by atoms with Gasteiger partial charge >= 0.3 is 0 Å². The van der Waals surface area contributed by atoms with E-state index in [4.69, 9.17) is 39.5 Å². The van der Waals surface area contributed by atoms with E-state index in [9.17, 15) is 18.0 Å². The van der Waals surface area contributed by atoms with Gasteiger partial charge in [-0.2, -0.15) is 4.72 Å². The molecule has 0 saturated carbocycles. The molecular formula is C22H26Cl2N6O5S. The van der Waals surface area contributed by atoms with E-state index in [2.05, 4.69) is 15.2 Å². The number of piperidine rings is 1. The van der Waals surface area contributed by atoms with Crippen LogP contribution in [0.25, 0.3) is 11.1 Å². The highest BCUT2D eigenvalue weighted by Crippen LogP contribution is 2.33. The number of nitrogens with two attached hydrogens (primary N) is 2. The molecule has 0 unspecified atom stereocenters. The van der Waals surface area contributed by atoms with E-state index in [0.717, 1.165) is 0 Å². The van der Waals surface area contributed by atoms with Crippen molar-refractivity contribution in [3.63, 3.8) is 0 Å². The van der Waals surface area contributed by atoms with Gasteiger partial charge in [0, 0.05) is 12.1 Å². The third kappa shape index (κ3) is 7.23. The average molecular weight is 557 g/mol. The standard InChI is InChI=1S/C22H26Cl2N6O5S/c23-17-4-1-3-16(20(17)24)14-6-8-15(9-7-14)36(33,34)29-18-5-2-11-30(21(18)32)13-19(31)27-10-12-35-28-22(25)26/h1,3-4,6-9,18,29H,2,5,10-13H2,(H,27,31)(H4,25,26,28)/t18-/m0/s1. The fraction of sp³-hybridized carbons (Fsp3) is 0.318. The molecule has 0 aromatic heterocycles. The van der Waals surface area contributed by atoms with E-state index in [1.54, 1.807) is 30.3 Å². The maximum absolute atomic E-state index is 12.9. The number of carbonyl (C=O) groups excluding carboxylic acids is 2. The van der Waals surface area contributed by atoms with Crippen LogP contribution in [0.3, 0.4) is 0 Å². The van der Waals surface area contributed by atoms with Crippen molar-refractivity contribution in [3.05, 3.63) is 52.5 Å². The molecule has 0 bridgehead atoms. The van der Waals surface area contributed by atoms with Crippen LogP contribution in [0.2, 0.25) is 10.0 Å². The van der Waals surface area contributed by atoms with Crippen molar-refractivity contribution >= 4 is 51.0 Å². The number of guanidine groups is 1. The summed E-state index contributed by atoms with van der Waals surface area (Å²) in [5.74, 6) is -1.13. The Labute approximate surface area is 218 Å². The molecule has 3 rings (SSSR count). The summed E-state index contributed by atoms with van der Waals surface area (Å²) < 4.78 is 28.3. The quantitative estimate of drug-likeness (QED) is 0.147. The van der Waals surface area contributed by atoms with Crippen LogP contribution in [0, 0.1) is 0 Å². The van der Waals surface area contributed by atoms with Gasteiger partial charge in [-0.1, -0.05) is 47.5 Å². The first-order valence-electron chi connectivity index (χ1n) is 10.9. The molecule has 1 aliphatic rings. The number of oxime groups is 1. The first-order valence-corrected chi connectivity index (χ1v) is 13.2. The number of carbonyl (C=O) groups is 2. The second-order valence-corrected chi connectivity index (χ2v) is 10.4. The van der Waals surface area contributed by atoms with Gasteiger partial charge in [0.2, 0.25) is 27.8 Å². The predicted molar refractivity (Wildman–Crippen MR) is 137 cm³/mol. The minimum atomic E-state index is -4.00. The van der Waals surface area contributed by atoms with Crippen molar-refractivity contribution in [2.75, 3.05) is 26.2 Å². The van der Waals surface area contributed by atoms with Gasteiger partial charge in [0.05, 0.1) is 28.0 Å². The van der Waals surface area contributed by atoms with Crippen LogP contribution < -0.4 is 21.5 Å². The molecule has 36 heavy (non-hydrogen) atoms. The number of nitrogens with one attached hydrogen (secondary N) is 2. The van der Waals surface area contributed by atoms with Crippen LogP contribution in [0.15, 0.2) is 52.5 Å². The number of amides is 2. The van der Waals surface area contributed by atoms with E-state index in [-0.39, 0.29) is 30.6 Å². The second-order valence-electron chi connectivity index (χ2n) is 7.90. The first-order chi connectivity index (χ1) is 17.1. The van der Waals surface area contributed by atoms with Gasteiger partial charge in [-0.15, -0.1) is 0 Å². The summed E-state index contributed by atoms with van der Waals surface area (Å²) in [4.78, 5) is 31.1. The monoisotopic (exact) mass is 556 g/mol. The molecule has 1 aliphatic heterocycles. The molecule has 0 radical (unpaired) electrons. The number of sulfonamides is 1. The molecule has 2 amide bonds. The summed E-state index contributed by atoms with van der Waals surface area (Å²) in [6, 6.07) is 10.3. The molecule has 1 saturated heterocycles. The van der Waals surface area contributed by atoms with Crippen molar-refractivity contribution in [1.29, 1.82) is 0 Å². The number of halogens is 2. The van der Waals surface area contributed by atoms with Crippen LogP contribution in [0.4, 0.5) is 0 Å². The van der Waals surface area contributed by atoms with Gasteiger partial charge in [-0.25, -0.2) is 8.42 Å². The van der Waals surface area contributed by atoms with E-state index >= 15 is 0 Å². The minimum Gasteiger partial charge on any atom is -0.391 e. The molecule has 1 heterocycles. The Morgan fingerprint density at radius 3 is 2.58 bits per heavy atom. The lowest BCUT2D eigenvalue weighted by molar-refractivity contribution is -0.139. The highest BCUT2D eigenvalue weighted by molar-refractivity contribution is 7.89. The maximum Gasteiger partial charge on any atom is 0.241 e. The zero-order chi connectivity index (χ0) is 26.3. The Balaban J connectivity index is 1.59. The lowest BCUT2D eigenvalue weighted by Gasteiger charge is -2.32. The second kappa shape index (κ2) is 12.3. The summed E-state index contributed by atoms with van der Waals surface area (Å²) in [6.45, 7) is 0.297. The number of rotatable bonds is 10. The number of likely N-dealkylation sites (tertiary alicyclic amines) is 1. The molecule has 1 atom stereocenters. The molecule has 1 fully saturated rings. The van der Waals surface area contributed by atoms with Crippen molar-refractivity contribution in [1.82, 2.24) is 14.9 Å². The highest BCUT2D eigenvalue weighted by Gasteiger charge is 2.33. The Bertz CT molecular complexity index is 1240. The minimum absolute atomic E-state index is 0.00663. The molecule has 2 aromatic carbocycles. The van der Waals surface area contributed by atoms with E-state index < -0.39 is 27.9 Å². The number of hydrogen-bond donors (Lipinski definition) is 4. The average Bonchev–Trinajstić information content (AvgIpc) is 2.83. The Hall–Kier alpha value is -3.06. The van der Waals surface area contributed by atoms with Gasteiger partial charge in [0.1, 0.15) is 12.6 Å². The van der Waals surface area contributed by atoms with Crippen LogP contribution >= 0.6 is 23.2 Å². The van der Waals surface area contributed by atoms with Gasteiger partial charge in [-0.3, -0.25) is 9.59 Å². The Morgan fingerprint density at radius 2 is 1.89 bits per heavy atom. The lowest BCUT2D eigenvalue weighted by Crippen LogP contribution is -2.54. The van der Waals surface area contributed by atoms with Gasteiger partial charge in [0.25, 0.3) is 0 Å². The predicted octanol–water partition coefficient (Wildman–Crippen LogP) is 1.25. The normalized spacial score (nSPS) is 15.9. The Morgan fingerprint density at radius 1 is 1.17 bits per heavy atom. The molecule has 194 valence electrons. The number of nitrogens with zero attached hydrogens (tertiary/aromatic N) is 2. The third-order valence-corrected chi connectivity index (χ3v) is 7.58. The molecule has 0 spiro atoms. The SMILES string of the molecule is NC(N)=NOCCNC(=O)CN1CCC[C@H](NS(=O)(=O)c2ccc(-c3cccc(Cl)c3Cl)cc2)C1=O. The molecule has 0 aliphatic carbocycles. The van der Waals surface area contributed by atoms with Crippen molar-refractivity contribution in [2.45, 2.75) is 23.8 Å². The zero-order valence-electron chi connectivity index (χ0n) is 19.1. The fourth-order valence-electron chi connectivity index (χ4n) is 3.59. The van der Waals surface area contributed by atoms with E-state index in [1.807, 2.05) is 0 Å². The van der Waals surface area contributed by atoms with Crippen LogP contribution in [-0.2, 0) is 24.4 Å². The summed E-state index contributed by atoms with van der Waals surface area (Å²) >= 11 is 12.3. The van der Waals surface area contributed by atoms with Gasteiger partial charge < -0.3 is 26.5 Å². The maximum atomic E-state index is 12.9. The summed E-state index contributed by atoms with van der Waals surface area (Å²) in [7, 11) is -4.00. The highest BCUT2D eigenvalue weighted by atomic mass is 35.5. The van der Waals surface area contributed by atoms with Crippen LogP contribution in [0.5, 0.6) is 0 Å². The molecule has 11 nitrogen and oxygen atoms in total. The summed E-state index contributed by atoms with van der Waals surface area (Å²) in [5, 5.41) is 6.66. The Kier molecular flexibility index (Phi) is 9.37. The zero-order valence-corrected chi connectivity index (χ0v) is 21.4. The third-order valence-electron chi connectivity index (χ3n) is 5.28. The first kappa shape index (κ1) is 27.5. The summed E-state index contributed by atoms with van der Waals surface area (Å²) in [5.41, 5.74) is 11.6. The smallest absolute Gasteiger partial charge is 0.241 e. The van der Waals surface area contributed by atoms with Crippen molar-refractivity contribution in [2.24, 2.45) is 16.6 Å². The molecule has 2 aromatic rings. The van der Waals surface area contributed by atoms with Crippen LogP contribution in [0.1, 0.15) is 12.8 Å². The topological polar surface area (TPSA) is 169 Å². The van der Waals surface area contributed by atoms with Gasteiger partial charge in [-0.05, 0) is 41.8 Å². The van der Waals surface area contributed by atoms with E-state index in [1.165, 1.54) is 17.0 Å². The largest absolute Gasteiger partial charge is 0.391 e. The van der Waals surface area contributed by atoms with E-state index in [0.29, 0.717) is 40.6 Å². The molecule has 6 N–H and O–H groups in total. The molecule has 14 heteroatoms. The van der Waals surface area contributed by atoms with Crippen LogP contribution in [-0.4, -0.2) is 63.4 Å². The lowest BCUT2D eigenvalue weighted by atomic mass is 10.1. The van der Waals surface area contributed by atoms with Crippen molar-refractivity contribution < 1.29 is 22.8 Å². The summed E-state index contributed by atoms with van der Waals surface area (Å²) in [6.07, 6.45) is 0.852. The molecular weight excluding hydrogens is 531 g/mol. The number of benzene rings is 2. The fourth-order valence-corrected chi connectivity index (χ4v) is 5.22. The van der Waals surface area contributed by atoms with Gasteiger partial charge in [0.15, 0.2) is 0 Å². The van der Waals surface area contributed by atoms with Crippen molar-refractivity contribution in [3.8, 4) is 11.1 Å².